The van der Waals surface area contributed by atoms with Gasteiger partial charge >= 0.3 is 11.7 Å². The second-order valence-electron chi connectivity index (χ2n) is 3.69. The van der Waals surface area contributed by atoms with Gasteiger partial charge in [0.25, 0.3) is 5.56 Å². The van der Waals surface area contributed by atoms with Crippen molar-refractivity contribution in [2.45, 2.75) is 19.9 Å². The van der Waals surface area contributed by atoms with Gasteiger partial charge in [-0.25, -0.2) is 14.6 Å². The van der Waals surface area contributed by atoms with Crippen molar-refractivity contribution in [2.24, 2.45) is 0 Å². The van der Waals surface area contributed by atoms with Crippen LogP contribution < -0.4 is 11.2 Å². The van der Waals surface area contributed by atoms with Gasteiger partial charge in [-0.15, -0.1) is 0 Å². The lowest BCUT2D eigenvalue weighted by Gasteiger charge is -2.02. The molecule has 0 aliphatic heterocycles. The lowest BCUT2D eigenvalue weighted by molar-refractivity contribution is 0.0588. The van der Waals surface area contributed by atoms with E-state index >= 15 is 0 Å². The van der Waals surface area contributed by atoms with Crippen LogP contribution in [-0.2, 0) is 11.3 Å². The van der Waals surface area contributed by atoms with Gasteiger partial charge in [-0.2, -0.15) is 0 Å². The van der Waals surface area contributed by atoms with Crippen molar-refractivity contribution in [2.75, 3.05) is 7.11 Å². The standard InChI is InChI=1S/C10H12N4O4/c1-3-4-14-7-5(8(15)13-10(14)17)11-6(12-7)9(16)18-2/h3-4H2,1-2H3,(H,11,12)(H,13,15,17). The van der Waals surface area contributed by atoms with Gasteiger partial charge in [0.05, 0.1) is 7.11 Å². The van der Waals surface area contributed by atoms with Crippen LogP contribution >= 0.6 is 0 Å². The maximum atomic E-state index is 11.6. The van der Waals surface area contributed by atoms with E-state index in [2.05, 4.69) is 19.7 Å². The fourth-order valence-electron chi connectivity index (χ4n) is 1.67. The van der Waals surface area contributed by atoms with Crippen molar-refractivity contribution in [3.05, 3.63) is 26.7 Å². The highest BCUT2D eigenvalue weighted by Crippen LogP contribution is 2.06. The summed E-state index contributed by atoms with van der Waals surface area (Å²) in [7, 11) is 1.21. The predicted octanol–water partition coefficient (Wildman–Crippen LogP) is -0.391. The molecular weight excluding hydrogens is 240 g/mol. The van der Waals surface area contributed by atoms with Crippen molar-refractivity contribution in [3.8, 4) is 0 Å². The number of rotatable bonds is 3. The zero-order chi connectivity index (χ0) is 13.3. The van der Waals surface area contributed by atoms with Crippen LogP contribution in [0.2, 0.25) is 0 Å². The average molecular weight is 252 g/mol. The summed E-state index contributed by atoms with van der Waals surface area (Å²) < 4.78 is 5.81. The lowest BCUT2D eigenvalue weighted by atomic mass is 10.4. The molecule has 0 unspecified atom stereocenters. The molecule has 0 spiro atoms. The first-order chi connectivity index (χ1) is 8.58. The molecule has 0 bridgehead atoms. The van der Waals surface area contributed by atoms with Crippen molar-refractivity contribution < 1.29 is 9.53 Å². The predicted molar refractivity (Wildman–Crippen MR) is 62.6 cm³/mol. The number of carbonyl (C=O) groups is 1. The molecule has 2 aromatic rings. The third-order valence-electron chi connectivity index (χ3n) is 2.46. The summed E-state index contributed by atoms with van der Waals surface area (Å²) in [6.45, 7) is 2.29. The average Bonchev–Trinajstić information content (AvgIpc) is 2.78. The van der Waals surface area contributed by atoms with Crippen molar-refractivity contribution >= 4 is 17.1 Å². The third-order valence-corrected chi connectivity index (χ3v) is 2.46. The van der Waals surface area contributed by atoms with E-state index in [0.717, 1.165) is 0 Å². The molecule has 8 heteroatoms. The largest absolute Gasteiger partial charge is 0.463 e. The summed E-state index contributed by atoms with van der Waals surface area (Å²) in [6.07, 6.45) is 0.696. The Morgan fingerprint density at radius 2 is 2.11 bits per heavy atom. The molecule has 0 fully saturated rings. The number of ether oxygens (including phenoxy) is 1. The molecule has 2 N–H and O–H groups in total. The minimum Gasteiger partial charge on any atom is -0.463 e. The molecule has 0 aliphatic carbocycles. The molecule has 18 heavy (non-hydrogen) atoms. The van der Waals surface area contributed by atoms with E-state index in [1.54, 1.807) is 0 Å². The fourth-order valence-corrected chi connectivity index (χ4v) is 1.67. The van der Waals surface area contributed by atoms with Gasteiger partial charge in [-0.05, 0) is 6.42 Å². The summed E-state index contributed by atoms with van der Waals surface area (Å²) in [5.41, 5.74) is -0.906. The number of fused-ring (bicyclic) bond motifs is 1. The summed E-state index contributed by atoms with van der Waals surface area (Å²) in [6, 6.07) is 0. The molecule has 2 aromatic heterocycles. The highest BCUT2D eigenvalue weighted by Gasteiger charge is 2.16. The van der Waals surface area contributed by atoms with Gasteiger partial charge in [0, 0.05) is 6.54 Å². The van der Waals surface area contributed by atoms with E-state index in [9.17, 15) is 14.4 Å². The zero-order valence-electron chi connectivity index (χ0n) is 9.94. The fraction of sp³-hybridized carbons (Fsp3) is 0.400. The Labute approximate surface area is 101 Å². The monoisotopic (exact) mass is 252 g/mol. The number of esters is 1. The maximum absolute atomic E-state index is 11.6. The Morgan fingerprint density at radius 3 is 2.72 bits per heavy atom. The summed E-state index contributed by atoms with van der Waals surface area (Å²) >= 11 is 0. The molecule has 0 atom stereocenters. The molecule has 0 aromatic carbocycles. The number of imidazole rings is 1. The van der Waals surface area contributed by atoms with Gasteiger partial charge in [-0.1, -0.05) is 6.92 Å². The van der Waals surface area contributed by atoms with Crippen molar-refractivity contribution in [1.29, 1.82) is 0 Å². The van der Waals surface area contributed by atoms with E-state index in [4.69, 9.17) is 0 Å². The minimum atomic E-state index is -0.693. The number of carbonyl (C=O) groups excluding carboxylic acids is 1. The molecule has 0 radical (unpaired) electrons. The van der Waals surface area contributed by atoms with E-state index in [1.165, 1.54) is 11.7 Å². The molecule has 0 saturated carbocycles. The van der Waals surface area contributed by atoms with Crippen molar-refractivity contribution in [3.63, 3.8) is 0 Å². The van der Waals surface area contributed by atoms with Crippen LogP contribution in [0.3, 0.4) is 0 Å². The first kappa shape index (κ1) is 12.1. The molecule has 0 amide bonds. The highest BCUT2D eigenvalue weighted by molar-refractivity contribution is 5.89. The number of aromatic amines is 2. The maximum Gasteiger partial charge on any atom is 0.374 e. The topological polar surface area (TPSA) is 110 Å². The van der Waals surface area contributed by atoms with Gasteiger partial charge in [-0.3, -0.25) is 14.3 Å². The molecule has 2 rings (SSSR count). The minimum absolute atomic E-state index is 0.0865. The van der Waals surface area contributed by atoms with E-state index in [0.29, 0.717) is 13.0 Å². The number of methoxy groups -OCH3 is 1. The second-order valence-corrected chi connectivity index (χ2v) is 3.69. The van der Waals surface area contributed by atoms with Crippen LogP contribution in [0, 0.1) is 0 Å². The zero-order valence-corrected chi connectivity index (χ0v) is 9.94. The molecule has 8 nitrogen and oxygen atoms in total. The lowest BCUT2D eigenvalue weighted by Crippen LogP contribution is -2.30. The van der Waals surface area contributed by atoms with Crippen LogP contribution in [0.4, 0.5) is 0 Å². The Balaban J connectivity index is 2.77. The molecule has 96 valence electrons. The third kappa shape index (κ3) is 1.81. The van der Waals surface area contributed by atoms with Gasteiger partial charge in [0.1, 0.15) is 5.52 Å². The van der Waals surface area contributed by atoms with E-state index in [1.807, 2.05) is 6.92 Å². The number of aryl methyl sites for hydroxylation is 1. The Kier molecular flexibility index (Phi) is 3.00. The van der Waals surface area contributed by atoms with Crippen LogP contribution in [0.1, 0.15) is 24.0 Å². The molecule has 0 saturated heterocycles. The second kappa shape index (κ2) is 4.47. The summed E-state index contributed by atoms with van der Waals surface area (Å²) in [5.74, 6) is -0.797. The normalized spacial score (nSPS) is 10.8. The number of nitrogens with zero attached hydrogens (tertiary/aromatic N) is 2. The highest BCUT2D eigenvalue weighted by atomic mass is 16.5. The number of aromatic nitrogens is 4. The quantitative estimate of drug-likeness (QED) is 0.723. The first-order valence-corrected chi connectivity index (χ1v) is 5.39. The Morgan fingerprint density at radius 1 is 1.39 bits per heavy atom. The van der Waals surface area contributed by atoms with E-state index < -0.39 is 17.2 Å². The number of H-pyrrole nitrogens is 2. The van der Waals surface area contributed by atoms with Gasteiger partial charge in [0.15, 0.2) is 5.65 Å². The molecule has 2 heterocycles. The first-order valence-electron chi connectivity index (χ1n) is 5.39. The summed E-state index contributed by atoms with van der Waals surface area (Å²) in [5, 5.41) is 0. The van der Waals surface area contributed by atoms with Gasteiger partial charge in [0.2, 0.25) is 5.82 Å². The Hall–Kier alpha value is -2.38. The molecule has 0 aliphatic rings. The van der Waals surface area contributed by atoms with Crippen LogP contribution in [0.15, 0.2) is 9.59 Å². The summed E-state index contributed by atoms with van der Waals surface area (Å²) in [4.78, 5) is 43.2. The van der Waals surface area contributed by atoms with Crippen LogP contribution in [0.5, 0.6) is 0 Å². The number of hydrogen-bond acceptors (Lipinski definition) is 5. The van der Waals surface area contributed by atoms with Crippen LogP contribution in [-0.4, -0.2) is 32.6 Å². The number of nitrogens with one attached hydrogen (secondary N) is 2. The van der Waals surface area contributed by atoms with Gasteiger partial charge < -0.3 is 9.72 Å². The SMILES string of the molecule is CCCn1c(=O)[nH]c(=O)c2[nH]c(C(=O)OC)nc21. The molecular formula is C10H12N4O4. The Bertz CT molecular complexity index is 709. The smallest absolute Gasteiger partial charge is 0.374 e. The number of hydrogen-bond donors (Lipinski definition) is 2. The van der Waals surface area contributed by atoms with E-state index in [-0.39, 0.29) is 17.0 Å². The van der Waals surface area contributed by atoms with Crippen LogP contribution in [0.25, 0.3) is 11.2 Å². The van der Waals surface area contributed by atoms with Crippen molar-refractivity contribution in [1.82, 2.24) is 19.5 Å².